The average molecular weight is 289 g/mol. The number of carbonyl (C=O) groups is 2. The van der Waals surface area contributed by atoms with E-state index in [9.17, 15) is 9.59 Å². The fraction of sp³-hybridized carbons (Fsp3) is 0.375. The maximum Gasteiger partial charge on any atom is 0.323 e. The third-order valence-electron chi connectivity index (χ3n) is 2.62. The highest BCUT2D eigenvalue weighted by Crippen LogP contribution is 2.14. The van der Waals surface area contributed by atoms with Gasteiger partial charge in [-0.15, -0.1) is 6.42 Å². The van der Waals surface area contributed by atoms with Gasteiger partial charge in [0.15, 0.2) is 0 Å². The quantitative estimate of drug-likeness (QED) is 0.778. The summed E-state index contributed by atoms with van der Waals surface area (Å²) in [6.07, 6.45) is 5.10. The Morgan fingerprint density at radius 3 is 2.43 bits per heavy atom. The SMILES string of the molecule is C#CCOc1ccc(C(=O)N(CC(=O)O)CC(C)C)cc1. The zero-order valence-corrected chi connectivity index (χ0v) is 12.2. The lowest BCUT2D eigenvalue weighted by atomic mass is 10.1. The van der Waals surface area contributed by atoms with E-state index in [1.54, 1.807) is 24.3 Å². The van der Waals surface area contributed by atoms with Crippen LogP contribution in [0.5, 0.6) is 5.75 Å². The normalized spacial score (nSPS) is 10.0. The molecule has 0 unspecified atom stereocenters. The number of nitrogens with zero attached hydrogens (tertiary/aromatic N) is 1. The molecule has 0 radical (unpaired) electrons. The molecular formula is C16H19NO4. The van der Waals surface area contributed by atoms with E-state index >= 15 is 0 Å². The lowest BCUT2D eigenvalue weighted by Crippen LogP contribution is -2.38. The molecule has 0 saturated heterocycles. The Bertz CT molecular complexity index is 528. The van der Waals surface area contributed by atoms with Crippen molar-refractivity contribution in [1.29, 1.82) is 0 Å². The van der Waals surface area contributed by atoms with E-state index in [1.807, 2.05) is 13.8 Å². The van der Waals surface area contributed by atoms with Crippen molar-refractivity contribution < 1.29 is 19.4 Å². The molecule has 0 aromatic heterocycles. The van der Waals surface area contributed by atoms with Crippen LogP contribution in [0, 0.1) is 18.3 Å². The molecule has 5 nitrogen and oxygen atoms in total. The molecule has 5 heteroatoms. The average Bonchev–Trinajstić information content (AvgIpc) is 2.43. The van der Waals surface area contributed by atoms with Gasteiger partial charge in [-0.25, -0.2) is 0 Å². The van der Waals surface area contributed by atoms with Gasteiger partial charge in [-0.1, -0.05) is 19.8 Å². The maximum atomic E-state index is 12.3. The van der Waals surface area contributed by atoms with Crippen molar-refractivity contribution in [3.8, 4) is 18.1 Å². The molecule has 1 aromatic rings. The predicted molar refractivity (Wildman–Crippen MR) is 79.1 cm³/mol. The molecular weight excluding hydrogens is 270 g/mol. The van der Waals surface area contributed by atoms with Gasteiger partial charge in [-0.05, 0) is 30.2 Å². The number of terminal acetylenes is 1. The molecule has 0 aliphatic heterocycles. The summed E-state index contributed by atoms with van der Waals surface area (Å²) in [5, 5.41) is 8.90. The molecule has 1 N–H and O–H groups in total. The smallest absolute Gasteiger partial charge is 0.323 e. The summed E-state index contributed by atoms with van der Waals surface area (Å²) in [7, 11) is 0. The first-order chi connectivity index (χ1) is 9.93. The molecule has 0 aliphatic rings. The molecule has 0 bridgehead atoms. The molecule has 0 fully saturated rings. The molecule has 1 amide bonds. The van der Waals surface area contributed by atoms with Crippen LogP contribution in [-0.2, 0) is 4.79 Å². The van der Waals surface area contributed by atoms with E-state index in [1.165, 1.54) is 4.90 Å². The highest BCUT2D eigenvalue weighted by atomic mass is 16.5. The zero-order chi connectivity index (χ0) is 15.8. The largest absolute Gasteiger partial charge is 0.481 e. The first-order valence-corrected chi connectivity index (χ1v) is 6.61. The number of amides is 1. The summed E-state index contributed by atoms with van der Waals surface area (Å²) in [6.45, 7) is 4.09. The van der Waals surface area contributed by atoms with E-state index in [0.717, 1.165) is 0 Å². The number of rotatable bonds is 7. The van der Waals surface area contributed by atoms with Gasteiger partial charge in [0.25, 0.3) is 5.91 Å². The fourth-order valence-corrected chi connectivity index (χ4v) is 1.82. The number of carboxylic acids is 1. The lowest BCUT2D eigenvalue weighted by molar-refractivity contribution is -0.137. The number of ether oxygens (including phenoxy) is 1. The standard InChI is InChI=1S/C16H19NO4/c1-4-9-21-14-7-5-13(6-8-14)16(20)17(10-12(2)3)11-15(18)19/h1,5-8,12H,9-11H2,2-3H3,(H,18,19). The van der Waals surface area contributed by atoms with Crippen molar-refractivity contribution >= 4 is 11.9 Å². The van der Waals surface area contributed by atoms with E-state index in [4.69, 9.17) is 16.3 Å². The fourth-order valence-electron chi connectivity index (χ4n) is 1.82. The van der Waals surface area contributed by atoms with Crippen molar-refractivity contribution in [3.05, 3.63) is 29.8 Å². The highest BCUT2D eigenvalue weighted by Gasteiger charge is 2.19. The molecule has 0 spiro atoms. The van der Waals surface area contributed by atoms with Crippen LogP contribution in [0.15, 0.2) is 24.3 Å². The monoisotopic (exact) mass is 289 g/mol. The van der Waals surface area contributed by atoms with Crippen LogP contribution >= 0.6 is 0 Å². The predicted octanol–water partition coefficient (Wildman–Crippen LogP) is 1.88. The van der Waals surface area contributed by atoms with Crippen molar-refractivity contribution in [3.63, 3.8) is 0 Å². The van der Waals surface area contributed by atoms with Crippen LogP contribution in [0.4, 0.5) is 0 Å². The topological polar surface area (TPSA) is 66.8 Å². The Morgan fingerprint density at radius 1 is 1.33 bits per heavy atom. The van der Waals surface area contributed by atoms with Gasteiger partial charge >= 0.3 is 5.97 Å². The van der Waals surface area contributed by atoms with Gasteiger partial charge in [0, 0.05) is 12.1 Å². The Balaban J connectivity index is 2.82. The minimum Gasteiger partial charge on any atom is -0.481 e. The highest BCUT2D eigenvalue weighted by molar-refractivity contribution is 5.95. The minimum absolute atomic E-state index is 0.159. The molecule has 1 aromatic carbocycles. The van der Waals surface area contributed by atoms with Gasteiger partial charge in [0.1, 0.15) is 18.9 Å². The molecule has 21 heavy (non-hydrogen) atoms. The Kier molecular flexibility index (Phi) is 6.28. The summed E-state index contributed by atoms with van der Waals surface area (Å²) in [5.74, 6) is 1.77. The summed E-state index contributed by atoms with van der Waals surface area (Å²) in [6, 6.07) is 6.48. The van der Waals surface area contributed by atoms with Gasteiger partial charge < -0.3 is 14.7 Å². The number of carboxylic acid groups (broad SMARTS) is 1. The number of benzene rings is 1. The lowest BCUT2D eigenvalue weighted by Gasteiger charge is -2.22. The molecule has 0 atom stereocenters. The summed E-state index contributed by atoms with van der Waals surface area (Å²) >= 11 is 0. The first kappa shape index (κ1) is 16.6. The van der Waals surface area contributed by atoms with Crippen molar-refractivity contribution in [2.24, 2.45) is 5.92 Å². The van der Waals surface area contributed by atoms with E-state index < -0.39 is 5.97 Å². The molecule has 0 aliphatic carbocycles. The number of hydrogen-bond donors (Lipinski definition) is 1. The van der Waals surface area contributed by atoms with E-state index in [2.05, 4.69) is 5.92 Å². The second-order valence-corrected chi connectivity index (χ2v) is 4.99. The first-order valence-electron chi connectivity index (χ1n) is 6.61. The van der Waals surface area contributed by atoms with Gasteiger partial charge in [0.2, 0.25) is 0 Å². The second kappa shape index (κ2) is 7.95. The number of aliphatic carboxylic acids is 1. The van der Waals surface area contributed by atoms with E-state index in [0.29, 0.717) is 17.9 Å². The van der Waals surface area contributed by atoms with Crippen molar-refractivity contribution in [2.45, 2.75) is 13.8 Å². The Hall–Kier alpha value is -2.48. The summed E-state index contributed by atoms with van der Waals surface area (Å²) < 4.78 is 5.22. The molecule has 112 valence electrons. The van der Waals surface area contributed by atoms with Crippen molar-refractivity contribution in [1.82, 2.24) is 4.90 Å². The third-order valence-corrected chi connectivity index (χ3v) is 2.62. The van der Waals surface area contributed by atoms with Gasteiger partial charge in [0.05, 0.1) is 0 Å². The molecule has 0 heterocycles. The zero-order valence-electron chi connectivity index (χ0n) is 12.2. The Labute approximate surface area is 124 Å². The maximum absolute atomic E-state index is 12.3. The van der Waals surface area contributed by atoms with Crippen LogP contribution in [-0.4, -0.2) is 41.6 Å². The van der Waals surface area contributed by atoms with Crippen LogP contribution < -0.4 is 4.74 Å². The van der Waals surface area contributed by atoms with Crippen LogP contribution in [0.3, 0.4) is 0 Å². The third kappa shape index (κ3) is 5.57. The van der Waals surface area contributed by atoms with Gasteiger partial charge in [-0.3, -0.25) is 9.59 Å². The number of carbonyl (C=O) groups excluding carboxylic acids is 1. The summed E-state index contributed by atoms with van der Waals surface area (Å²) in [5.41, 5.74) is 0.421. The van der Waals surface area contributed by atoms with Crippen LogP contribution in [0.25, 0.3) is 0 Å². The van der Waals surface area contributed by atoms with Gasteiger partial charge in [-0.2, -0.15) is 0 Å². The molecule has 0 saturated carbocycles. The number of hydrogen-bond acceptors (Lipinski definition) is 3. The summed E-state index contributed by atoms with van der Waals surface area (Å²) in [4.78, 5) is 24.5. The van der Waals surface area contributed by atoms with E-state index in [-0.39, 0.29) is 25.0 Å². The second-order valence-electron chi connectivity index (χ2n) is 4.99. The Morgan fingerprint density at radius 2 is 1.95 bits per heavy atom. The molecule has 1 rings (SSSR count). The van der Waals surface area contributed by atoms with Crippen LogP contribution in [0.1, 0.15) is 24.2 Å². The minimum atomic E-state index is -1.03. The van der Waals surface area contributed by atoms with Crippen LogP contribution in [0.2, 0.25) is 0 Å². The van der Waals surface area contributed by atoms with Crippen molar-refractivity contribution in [2.75, 3.05) is 19.7 Å².